The van der Waals surface area contributed by atoms with E-state index in [0.29, 0.717) is 0 Å². The molecule has 0 aromatic carbocycles. The van der Waals surface area contributed by atoms with Crippen LogP contribution in [0.3, 0.4) is 0 Å². The number of hydrogen-bond acceptors (Lipinski definition) is 2. The summed E-state index contributed by atoms with van der Waals surface area (Å²) in [5.74, 6) is 2.67. The van der Waals surface area contributed by atoms with E-state index in [1.54, 1.807) is 0 Å². The zero-order chi connectivity index (χ0) is 10.2. The quantitative estimate of drug-likeness (QED) is 0.512. The Hall–Kier alpha value is -0.780. The minimum atomic E-state index is 0.892. The number of terminal acetylenes is 1. The summed E-state index contributed by atoms with van der Waals surface area (Å²) in [5.41, 5.74) is 0. The molecule has 0 unspecified atom stereocenters. The third kappa shape index (κ3) is 4.45. The highest BCUT2D eigenvalue weighted by Crippen LogP contribution is 2.09. The van der Waals surface area contributed by atoms with Crippen LogP contribution in [0.15, 0.2) is 17.5 Å². The van der Waals surface area contributed by atoms with Crippen molar-refractivity contribution in [1.29, 1.82) is 0 Å². The highest BCUT2D eigenvalue weighted by molar-refractivity contribution is 7.09. The average molecular weight is 207 g/mol. The number of thiophene rings is 1. The fourth-order valence-electron chi connectivity index (χ4n) is 1.32. The maximum Gasteiger partial charge on any atom is 0.00982 e. The van der Waals surface area contributed by atoms with Crippen LogP contribution in [0.1, 0.15) is 17.7 Å². The molecule has 0 aliphatic heterocycles. The van der Waals surface area contributed by atoms with Crippen LogP contribution >= 0.6 is 11.3 Å². The third-order valence-electron chi connectivity index (χ3n) is 2.18. The van der Waals surface area contributed by atoms with Gasteiger partial charge in [-0.2, -0.15) is 0 Å². The van der Waals surface area contributed by atoms with E-state index >= 15 is 0 Å². The van der Waals surface area contributed by atoms with Gasteiger partial charge in [0.25, 0.3) is 0 Å². The van der Waals surface area contributed by atoms with Gasteiger partial charge in [0.05, 0.1) is 0 Å². The first-order valence-electron chi connectivity index (χ1n) is 4.97. The van der Waals surface area contributed by atoms with Crippen molar-refractivity contribution in [2.75, 3.05) is 20.1 Å². The van der Waals surface area contributed by atoms with Crippen molar-refractivity contribution >= 4 is 11.3 Å². The minimum Gasteiger partial charge on any atom is -0.306 e. The maximum atomic E-state index is 5.20. The van der Waals surface area contributed by atoms with Gasteiger partial charge in [0.1, 0.15) is 0 Å². The molecule has 0 saturated carbocycles. The molecule has 1 aromatic heterocycles. The number of likely N-dealkylation sites (N-methyl/N-ethyl adjacent to an activating group) is 1. The van der Waals surface area contributed by atoms with Crippen LogP contribution in [0.2, 0.25) is 0 Å². The van der Waals surface area contributed by atoms with E-state index in [0.717, 1.165) is 32.4 Å². The van der Waals surface area contributed by atoms with Gasteiger partial charge in [-0.3, -0.25) is 0 Å². The fraction of sp³-hybridized carbons (Fsp3) is 0.500. The number of hydrogen-bond donors (Lipinski definition) is 0. The topological polar surface area (TPSA) is 3.24 Å². The van der Waals surface area contributed by atoms with Gasteiger partial charge in [-0.05, 0) is 37.9 Å². The standard InChI is InChI=1S/C12H17NS/c1-3-4-5-9-13(2)10-8-12-7-6-11-14-12/h1,6-7,11H,4-5,8-10H2,2H3. The second-order valence-electron chi connectivity index (χ2n) is 3.44. The van der Waals surface area contributed by atoms with Gasteiger partial charge in [0.2, 0.25) is 0 Å². The van der Waals surface area contributed by atoms with Crippen LogP contribution in [-0.4, -0.2) is 25.0 Å². The van der Waals surface area contributed by atoms with Gasteiger partial charge in [-0.15, -0.1) is 23.7 Å². The van der Waals surface area contributed by atoms with Gasteiger partial charge in [0, 0.05) is 17.8 Å². The summed E-state index contributed by atoms with van der Waals surface area (Å²) in [6, 6.07) is 4.30. The molecule has 1 aromatic rings. The summed E-state index contributed by atoms with van der Waals surface area (Å²) in [5, 5.41) is 2.13. The second-order valence-corrected chi connectivity index (χ2v) is 4.47. The molecule has 0 atom stereocenters. The molecular weight excluding hydrogens is 190 g/mol. The average Bonchev–Trinajstić information content (AvgIpc) is 2.68. The first-order valence-corrected chi connectivity index (χ1v) is 5.85. The summed E-state index contributed by atoms with van der Waals surface area (Å²) in [6.07, 6.45) is 8.36. The molecule has 76 valence electrons. The monoisotopic (exact) mass is 207 g/mol. The minimum absolute atomic E-state index is 0.892. The van der Waals surface area contributed by atoms with Crippen molar-refractivity contribution in [3.05, 3.63) is 22.4 Å². The number of rotatable bonds is 6. The summed E-state index contributed by atoms with van der Waals surface area (Å²) in [6.45, 7) is 2.24. The van der Waals surface area contributed by atoms with E-state index in [-0.39, 0.29) is 0 Å². The normalized spacial score (nSPS) is 10.4. The zero-order valence-corrected chi connectivity index (χ0v) is 9.52. The van der Waals surface area contributed by atoms with Crippen LogP contribution in [0.5, 0.6) is 0 Å². The molecule has 0 aliphatic carbocycles. The lowest BCUT2D eigenvalue weighted by atomic mass is 10.3. The Morgan fingerprint density at radius 1 is 1.50 bits per heavy atom. The lowest BCUT2D eigenvalue weighted by Crippen LogP contribution is -2.22. The van der Waals surface area contributed by atoms with Crippen molar-refractivity contribution in [1.82, 2.24) is 4.90 Å². The van der Waals surface area contributed by atoms with Crippen molar-refractivity contribution in [2.45, 2.75) is 19.3 Å². The Morgan fingerprint density at radius 3 is 3.00 bits per heavy atom. The zero-order valence-electron chi connectivity index (χ0n) is 8.70. The summed E-state index contributed by atoms with van der Waals surface area (Å²) in [7, 11) is 2.16. The van der Waals surface area contributed by atoms with Gasteiger partial charge >= 0.3 is 0 Å². The van der Waals surface area contributed by atoms with Crippen molar-refractivity contribution in [3.8, 4) is 12.3 Å². The smallest absolute Gasteiger partial charge is 0.00982 e. The first-order chi connectivity index (χ1) is 6.83. The molecule has 1 nitrogen and oxygen atoms in total. The van der Waals surface area contributed by atoms with Crippen LogP contribution in [-0.2, 0) is 6.42 Å². The molecule has 1 rings (SSSR count). The second kappa shape index (κ2) is 6.64. The van der Waals surface area contributed by atoms with E-state index in [1.165, 1.54) is 4.88 Å². The Morgan fingerprint density at radius 2 is 2.36 bits per heavy atom. The van der Waals surface area contributed by atoms with Crippen molar-refractivity contribution < 1.29 is 0 Å². The van der Waals surface area contributed by atoms with E-state index in [9.17, 15) is 0 Å². The van der Waals surface area contributed by atoms with E-state index in [1.807, 2.05) is 11.3 Å². The van der Waals surface area contributed by atoms with Gasteiger partial charge < -0.3 is 4.90 Å². The Labute approximate surface area is 90.8 Å². The van der Waals surface area contributed by atoms with Gasteiger partial charge in [-0.25, -0.2) is 0 Å². The summed E-state index contributed by atoms with van der Waals surface area (Å²) in [4.78, 5) is 3.81. The van der Waals surface area contributed by atoms with E-state index in [4.69, 9.17) is 6.42 Å². The third-order valence-corrected chi connectivity index (χ3v) is 3.12. The van der Waals surface area contributed by atoms with Crippen molar-refractivity contribution in [3.63, 3.8) is 0 Å². The molecule has 0 fully saturated rings. The van der Waals surface area contributed by atoms with Crippen molar-refractivity contribution in [2.24, 2.45) is 0 Å². The molecule has 1 heterocycles. The molecule has 0 saturated heterocycles. The Kier molecular flexibility index (Phi) is 5.36. The summed E-state index contributed by atoms with van der Waals surface area (Å²) < 4.78 is 0. The predicted molar refractivity (Wildman–Crippen MR) is 63.6 cm³/mol. The lowest BCUT2D eigenvalue weighted by Gasteiger charge is -2.14. The number of unbranched alkanes of at least 4 members (excludes halogenated alkanes) is 1. The van der Waals surface area contributed by atoms with Gasteiger partial charge in [-0.1, -0.05) is 6.07 Å². The van der Waals surface area contributed by atoms with Gasteiger partial charge in [0.15, 0.2) is 0 Å². The molecule has 0 radical (unpaired) electrons. The van der Waals surface area contributed by atoms with Crippen LogP contribution in [0.25, 0.3) is 0 Å². The Bertz CT molecular complexity index is 271. The lowest BCUT2D eigenvalue weighted by molar-refractivity contribution is 0.336. The SMILES string of the molecule is C#CCCCN(C)CCc1cccs1. The highest BCUT2D eigenvalue weighted by Gasteiger charge is 1.99. The van der Waals surface area contributed by atoms with Crippen LogP contribution in [0.4, 0.5) is 0 Å². The predicted octanol–water partition coefficient (Wildman–Crippen LogP) is 2.64. The summed E-state index contributed by atoms with van der Waals surface area (Å²) >= 11 is 1.83. The maximum absolute atomic E-state index is 5.20. The molecule has 0 N–H and O–H groups in total. The largest absolute Gasteiger partial charge is 0.306 e. The molecular formula is C12H17NS. The number of nitrogens with zero attached hydrogens (tertiary/aromatic N) is 1. The molecule has 2 heteroatoms. The molecule has 0 bridgehead atoms. The molecule has 0 aliphatic rings. The van der Waals surface area contributed by atoms with Crippen LogP contribution in [0, 0.1) is 12.3 Å². The highest BCUT2D eigenvalue weighted by atomic mass is 32.1. The van der Waals surface area contributed by atoms with E-state index < -0.39 is 0 Å². The molecule has 14 heavy (non-hydrogen) atoms. The molecule has 0 amide bonds. The van der Waals surface area contributed by atoms with E-state index in [2.05, 4.69) is 35.4 Å². The Balaban J connectivity index is 2.09. The van der Waals surface area contributed by atoms with Crippen LogP contribution < -0.4 is 0 Å². The fourth-order valence-corrected chi connectivity index (χ4v) is 2.02. The first kappa shape index (κ1) is 11.3. The molecule has 0 spiro atoms.